The predicted octanol–water partition coefficient (Wildman–Crippen LogP) is 2.90. The summed E-state index contributed by atoms with van der Waals surface area (Å²) in [5.41, 5.74) is 10.1. The molecule has 2 atom stereocenters. The fraction of sp³-hybridized carbons (Fsp3) is 0.533. The maximum atomic E-state index is 6.05. The Balaban J connectivity index is 2.08. The summed E-state index contributed by atoms with van der Waals surface area (Å²) in [5, 5.41) is 12.4. The zero-order valence-corrected chi connectivity index (χ0v) is 12.3. The number of aromatic nitrogens is 4. The Morgan fingerprint density at radius 1 is 1.20 bits per heavy atom. The van der Waals surface area contributed by atoms with Crippen LogP contribution in [0.3, 0.4) is 0 Å². The number of rotatable bonds is 2. The van der Waals surface area contributed by atoms with Crippen LogP contribution in [-0.4, -0.2) is 20.2 Å². The molecular formula is C15H21N5. The molecule has 1 aromatic heterocycles. The molecule has 1 saturated carbocycles. The number of hydrogen-bond donors (Lipinski definition) is 1. The number of hydrogen-bond acceptors (Lipinski definition) is 4. The summed E-state index contributed by atoms with van der Waals surface area (Å²) in [6.45, 7) is 6.38. The summed E-state index contributed by atoms with van der Waals surface area (Å²) in [6.07, 6.45) is 3.65. The first-order valence-corrected chi connectivity index (χ1v) is 7.23. The van der Waals surface area contributed by atoms with Gasteiger partial charge in [0, 0.05) is 11.3 Å². The maximum Gasteiger partial charge on any atom is 0.182 e. The molecule has 1 fully saturated rings. The minimum atomic E-state index is 0.405. The van der Waals surface area contributed by atoms with E-state index in [1.165, 1.54) is 18.4 Å². The van der Waals surface area contributed by atoms with Crippen molar-refractivity contribution >= 4 is 5.69 Å². The van der Waals surface area contributed by atoms with Crippen LogP contribution in [0, 0.1) is 19.8 Å². The van der Waals surface area contributed by atoms with Gasteiger partial charge in [-0.25, -0.2) is 4.68 Å². The Kier molecular flexibility index (Phi) is 3.20. The summed E-state index contributed by atoms with van der Waals surface area (Å²) >= 11 is 0. The molecule has 1 aliphatic rings. The third-order valence-corrected chi connectivity index (χ3v) is 4.48. The largest absolute Gasteiger partial charge is 0.398 e. The minimum absolute atomic E-state index is 0.405. The standard InChI is InChI=1S/C15H21N5/c1-9-5-4-6-14(9)20-15(17-18-19-20)12-8-13(16)11(3)7-10(12)2/h7-9,14H,4-6,16H2,1-3H3. The molecular weight excluding hydrogens is 250 g/mol. The molecule has 2 unspecified atom stereocenters. The van der Waals surface area contributed by atoms with Gasteiger partial charge in [-0.2, -0.15) is 0 Å². The van der Waals surface area contributed by atoms with E-state index < -0.39 is 0 Å². The van der Waals surface area contributed by atoms with Crippen molar-refractivity contribution in [1.29, 1.82) is 0 Å². The molecule has 2 N–H and O–H groups in total. The van der Waals surface area contributed by atoms with Gasteiger partial charge in [-0.15, -0.1) is 5.10 Å². The van der Waals surface area contributed by atoms with Crippen molar-refractivity contribution in [1.82, 2.24) is 20.2 Å². The van der Waals surface area contributed by atoms with Crippen molar-refractivity contribution < 1.29 is 0 Å². The van der Waals surface area contributed by atoms with Gasteiger partial charge in [-0.1, -0.05) is 19.4 Å². The maximum absolute atomic E-state index is 6.05. The van der Waals surface area contributed by atoms with E-state index in [1.54, 1.807) is 0 Å². The molecule has 0 amide bonds. The van der Waals surface area contributed by atoms with Gasteiger partial charge in [0.15, 0.2) is 5.82 Å². The van der Waals surface area contributed by atoms with Crippen LogP contribution in [0.2, 0.25) is 0 Å². The summed E-state index contributed by atoms with van der Waals surface area (Å²) in [5.74, 6) is 1.47. The third-order valence-electron chi connectivity index (χ3n) is 4.48. The molecule has 2 aromatic rings. The van der Waals surface area contributed by atoms with Crippen molar-refractivity contribution in [2.24, 2.45) is 5.92 Å². The summed E-state index contributed by atoms with van der Waals surface area (Å²) in [4.78, 5) is 0. The molecule has 5 nitrogen and oxygen atoms in total. The highest BCUT2D eigenvalue weighted by Crippen LogP contribution is 2.37. The van der Waals surface area contributed by atoms with Gasteiger partial charge in [-0.3, -0.25) is 0 Å². The quantitative estimate of drug-likeness (QED) is 0.853. The summed E-state index contributed by atoms with van der Waals surface area (Å²) < 4.78 is 1.99. The van der Waals surface area contributed by atoms with Crippen molar-refractivity contribution in [3.05, 3.63) is 23.3 Å². The number of nitrogens with two attached hydrogens (primary N) is 1. The van der Waals surface area contributed by atoms with Crippen molar-refractivity contribution in [3.8, 4) is 11.4 Å². The summed E-state index contributed by atoms with van der Waals surface area (Å²) in [7, 11) is 0. The van der Waals surface area contributed by atoms with E-state index in [0.29, 0.717) is 12.0 Å². The van der Waals surface area contributed by atoms with Gasteiger partial charge < -0.3 is 5.73 Å². The Morgan fingerprint density at radius 2 is 2.00 bits per heavy atom. The number of nitrogen functional groups attached to an aromatic ring is 1. The number of anilines is 1. The first-order chi connectivity index (χ1) is 9.58. The van der Waals surface area contributed by atoms with Crippen LogP contribution in [0.4, 0.5) is 5.69 Å². The zero-order valence-electron chi connectivity index (χ0n) is 12.3. The molecule has 5 heteroatoms. The SMILES string of the molecule is Cc1cc(C)c(-c2nnnn2C2CCCC2C)cc1N. The highest BCUT2D eigenvalue weighted by Gasteiger charge is 2.29. The van der Waals surface area contributed by atoms with Gasteiger partial charge in [-0.05, 0) is 60.2 Å². The van der Waals surface area contributed by atoms with Crippen LogP contribution in [0.15, 0.2) is 12.1 Å². The number of aryl methyl sites for hydroxylation is 2. The molecule has 0 bridgehead atoms. The Hall–Kier alpha value is -1.91. The van der Waals surface area contributed by atoms with E-state index >= 15 is 0 Å². The van der Waals surface area contributed by atoms with Crippen LogP contribution in [-0.2, 0) is 0 Å². The van der Waals surface area contributed by atoms with E-state index in [1.807, 2.05) is 17.7 Å². The zero-order chi connectivity index (χ0) is 14.3. The number of benzene rings is 1. The van der Waals surface area contributed by atoms with Gasteiger partial charge >= 0.3 is 0 Å². The van der Waals surface area contributed by atoms with Crippen molar-refractivity contribution in [2.45, 2.75) is 46.1 Å². The van der Waals surface area contributed by atoms with Crippen LogP contribution >= 0.6 is 0 Å². The van der Waals surface area contributed by atoms with E-state index in [4.69, 9.17) is 5.73 Å². The predicted molar refractivity (Wildman–Crippen MR) is 79.2 cm³/mol. The number of tetrazole rings is 1. The molecule has 0 spiro atoms. The topological polar surface area (TPSA) is 69.6 Å². The fourth-order valence-corrected chi connectivity index (χ4v) is 3.19. The Morgan fingerprint density at radius 3 is 2.70 bits per heavy atom. The van der Waals surface area contributed by atoms with E-state index in [-0.39, 0.29) is 0 Å². The van der Waals surface area contributed by atoms with Crippen molar-refractivity contribution in [2.75, 3.05) is 5.73 Å². The Bertz CT molecular complexity index is 631. The average Bonchev–Trinajstić information content (AvgIpc) is 3.02. The molecule has 106 valence electrons. The average molecular weight is 271 g/mol. The van der Waals surface area contributed by atoms with E-state index in [0.717, 1.165) is 29.1 Å². The van der Waals surface area contributed by atoms with Crippen molar-refractivity contribution in [3.63, 3.8) is 0 Å². The fourth-order valence-electron chi connectivity index (χ4n) is 3.19. The van der Waals surface area contributed by atoms with Gasteiger partial charge in [0.05, 0.1) is 6.04 Å². The van der Waals surface area contributed by atoms with E-state index in [2.05, 4.69) is 35.4 Å². The first-order valence-electron chi connectivity index (χ1n) is 7.23. The third kappa shape index (κ3) is 2.07. The van der Waals surface area contributed by atoms with Crippen LogP contribution in [0.1, 0.15) is 43.4 Å². The molecule has 1 aromatic carbocycles. The smallest absolute Gasteiger partial charge is 0.182 e. The van der Waals surface area contributed by atoms with Crippen LogP contribution < -0.4 is 5.73 Å². The van der Waals surface area contributed by atoms with E-state index in [9.17, 15) is 0 Å². The lowest BCUT2D eigenvalue weighted by molar-refractivity contribution is 0.370. The highest BCUT2D eigenvalue weighted by molar-refractivity contribution is 5.67. The van der Waals surface area contributed by atoms with Crippen LogP contribution in [0.25, 0.3) is 11.4 Å². The van der Waals surface area contributed by atoms with Gasteiger partial charge in [0.25, 0.3) is 0 Å². The highest BCUT2D eigenvalue weighted by atomic mass is 15.6. The summed E-state index contributed by atoms with van der Waals surface area (Å²) in [6, 6.07) is 4.50. The lowest BCUT2D eigenvalue weighted by Gasteiger charge is -2.18. The molecule has 20 heavy (non-hydrogen) atoms. The monoisotopic (exact) mass is 271 g/mol. The first kappa shape index (κ1) is 13.1. The second-order valence-electron chi connectivity index (χ2n) is 5.95. The van der Waals surface area contributed by atoms with Gasteiger partial charge in [0.2, 0.25) is 0 Å². The lowest BCUT2D eigenvalue weighted by atomic mass is 10.0. The molecule has 0 saturated heterocycles. The molecule has 1 heterocycles. The van der Waals surface area contributed by atoms with Crippen LogP contribution in [0.5, 0.6) is 0 Å². The normalized spacial score (nSPS) is 22.4. The lowest BCUT2D eigenvalue weighted by Crippen LogP contribution is -2.15. The molecule has 3 rings (SSSR count). The Labute approximate surface area is 119 Å². The van der Waals surface area contributed by atoms with Gasteiger partial charge in [0.1, 0.15) is 0 Å². The molecule has 1 aliphatic carbocycles. The molecule has 0 radical (unpaired) electrons. The second-order valence-corrected chi connectivity index (χ2v) is 5.95. The molecule has 0 aliphatic heterocycles. The number of nitrogens with zero attached hydrogens (tertiary/aromatic N) is 4. The minimum Gasteiger partial charge on any atom is -0.398 e. The second kappa shape index (κ2) is 4.89.